The molecule has 0 radical (unpaired) electrons. The van der Waals surface area contributed by atoms with Crippen molar-refractivity contribution in [2.45, 2.75) is 99.2 Å². The van der Waals surface area contributed by atoms with Gasteiger partial charge in [0.05, 0.1) is 27.4 Å². The van der Waals surface area contributed by atoms with Crippen LogP contribution in [0.5, 0.6) is 5.75 Å². The Morgan fingerprint density at radius 3 is 2.50 bits per heavy atom. The summed E-state index contributed by atoms with van der Waals surface area (Å²) in [6, 6.07) is 10.9. The molecule has 1 unspecified atom stereocenters. The Morgan fingerprint density at radius 2 is 1.79 bits per heavy atom. The molecule has 7 aliphatic rings. The first kappa shape index (κ1) is 41.3. The highest BCUT2D eigenvalue weighted by Crippen LogP contribution is 2.68. The lowest BCUT2D eigenvalue weighted by atomic mass is 9.47. The van der Waals surface area contributed by atoms with Crippen LogP contribution in [0.4, 0.5) is 5.69 Å². The van der Waals surface area contributed by atoms with Gasteiger partial charge in [-0.2, -0.15) is 0 Å². The predicted octanol–water partition coefficient (Wildman–Crippen LogP) is 4.31. The fraction of sp³-hybridized carbons (Fsp3) is 0.574. The van der Waals surface area contributed by atoms with E-state index in [0.717, 1.165) is 33.4 Å². The molecule has 62 heavy (non-hydrogen) atoms. The zero-order chi connectivity index (χ0) is 43.7. The number of para-hydroxylation sites is 1. The molecule has 2 N–H and O–H groups in total. The third-order valence-corrected chi connectivity index (χ3v) is 16.4. The van der Waals surface area contributed by atoms with Gasteiger partial charge in [-0.3, -0.25) is 19.4 Å². The molecule has 6 aliphatic heterocycles. The number of nitrogens with zero attached hydrogens (tertiary/aromatic N) is 3. The third kappa shape index (κ3) is 5.07. The minimum absolute atomic E-state index is 0.119. The van der Waals surface area contributed by atoms with Crippen molar-refractivity contribution < 1.29 is 47.9 Å². The quantitative estimate of drug-likeness (QED) is 0.150. The normalized spacial score (nSPS) is 37.6. The number of aromatic amines is 1. The number of hydrogen-bond donors (Lipinski definition) is 2. The van der Waals surface area contributed by atoms with E-state index in [-0.39, 0.29) is 23.6 Å². The summed E-state index contributed by atoms with van der Waals surface area (Å²) < 4.78 is 37.0. The molecular formula is C47H56N4O10S. The van der Waals surface area contributed by atoms with Crippen LogP contribution in [0, 0.1) is 11.3 Å². The van der Waals surface area contributed by atoms with Crippen LogP contribution in [0.3, 0.4) is 0 Å². The number of carbonyl (C=O) groups is 3. The van der Waals surface area contributed by atoms with E-state index in [1.165, 1.54) is 21.1 Å². The molecule has 15 heteroatoms. The smallest absolute Gasteiger partial charge is 0.353 e. The number of hydrogen-bond acceptors (Lipinski definition) is 14. The van der Waals surface area contributed by atoms with Crippen molar-refractivity contribution in [2.24, 2.45) is 11.3 Å². The van der Waals surface area contributed by atoms with Crippen molar-refractivity contribution in [3.05, 3.63) is 70.9 Å². The fourth-order valence-electron chi connectivity index (χ4n) is 14.1. The molecule has 2 aromatic carbocycles. The Balaban J connectivity index is 1.28. The Kier molecular flexibility index (Phi) is 9.43. The summed E-state index contributed by atoms with van der Waals surface area (Å²) in [7, 11) is 6.15. The summed E-state index contributed by atoms with van der Waals surface area (Å²) in [5, 5.41) is 14.5. The van der Waals surface area contributed by atoms with Crippen molar-refractivity contribution in [3.8, 4) is 5.75 Å². The van der Waals surface area contributed by atoms with Gasteiger partial charge in [0, 0.05) is 109 Å². The van der Waals surface area contributed by atoms with Gasteiger partial charge >= 0.3 is 23.1 Å². The van der Waals surface area contributed by atoms with Gasteiger partial charge in [0.2, 0.25) is 5.60 Å². The van der Waals surface area contributed by atoms with E-state index in [2.05, 4.69) is 46.0 Å². The number of likely N-dealkylation sites (N-methyl/N-ethyl adjacent to an activating group) is 1. The van der Waals surface area contributed by atoms with E-state index in [0.29, 0.717) is 69.7 Å². The second-order valence-corrected chi connectivity index (χ2v) is 19.0. The average molecular weight is 869 g/mol. The van der Waals surface area contributed by atoms with Gasteiger partial charge in [-0.05, 0) is 61.9 Å². The number of rotatable bonds is 7. The van der Waals surface area contributed by atoms with Gasteiger partial charge in [0.25, 0.3) is 0 Å². The second kappa shape index (κ2) is 14.2. The Hall–Kier alpha value is -4.70. The highest BCUT2D eigenvalue weighted by Gasteiger charge is 2.80. The summed E-state index contributed by atoms with van der Waals surface area (Å²) >= 11 is 5.61. The number of anilines is 1. The topological polar surface area (TPSA) is 152 Å². The molecule has 1 spiro atoms. The largest absolute Gasteiger partial charge is 0.496 e. The number of benzene rings is 2. The summed E-state index contributed by atoms with van der Waals surface area (Å²) in [5.74, 6) is -1.77. The van der Waals surface area contributed by atoms with Gasteiger partial charge in [0.15, 0.2) is 11.7 Å². The molecule has 14 nitrogen and oxygen atoms in total. The Morgan fingerprint density at radius 1 is 1.02 bits per heavy atom. The number of fused-ring (bicyclic) bond motifs is 8. The van der Waals surface area contributed by atoms with Crippen molar-refractivity contribution >= 4 is 52.0 Å². The highest BCUT2D eigenvalue weighted by molar-refractivity contribution is 7.79. The number of nitrogens with one attached hydrogen (secondary N) is 1. The van der Waals surface area contributed by atoms with E-state index in [9.17, 15) is 14.7 Å². The minimum atomic E-state index is -2.32. The average Bonchev–Trinajstić information content (AvgIpc) is 4.02. The first-order valence-electron chi connectivity index (χ1n) is 21.9. The van der Waals surface area contributed by atoms with Crippen molar-refractivity contribution in [2.75, 3.05) is 66.0 Å². The Labute approximate surface area is 366 Å². The number of piperidine rings is 1. The number of aromatic nitrogens is 1. The van der Waals surface area contributed by atoms with Gasteiger partial charge in [-0.25, -0.2) is 4.79 Å². The SMILES string of the molecule is CC[C@]12CN3CCc4c([nH]c5ccccc45)[C@@](C(=O)OC)(c4cc5c(cc4OC)N(C)[C@H]4[C@@](O)(C(=O)OC)[C@H](OC(C)=O)[C@]6(CC)C=CCN7CC[C@]54[C@@H]76)C[C@@H](C3)[C@H]1OC(=S)O2. The molecule has 1 aliphatic carbocycles. The van der Waals surface area contributed by atoms with Gasteiger partial charge < -0.3 is 43.4 Å². The van der Waals surface area contributed by atoms with Crippen molar-refractivity contribution in [3.63, 3.8) is 0 Å². The molecule has 11 atom stereocenters. The van der Waals surface area contributed by atoms with Crippen LogP contribution in [-0.4, -0.2) is 140 Å². The van der Waals surface area contributed by atoms with E-state index in [1.807, 2.05) is 43.1 Å². The second-order valence-electron chi connectivity index (χ2n) is 18.6. The number of carbonyl (C=O) groups excluding carboxylic acids is 3. The standard InChI is InChI=1S/C47H56N4O10S/c1-8-43-16-12-18-51-20-17-45(37(43)51)30-21-31(34(56-5)22-33(30)49(4)38(45)47(55,41(54)58-7)39(43)59-26(3)52)46(40(53)57-6)23-27-24-50(25-44(9-2)36(27)60-42(62)61-44)19-15-29-28-13-10-11-14-32(28)48-35(29)46/h10-14,16,21-22,27,36-39,48,55H,8-9,15,17-20,23-25H2,1-7H3/t27-,36+,37-,38+,39+,43+,44-,45+,46-,47-/m0/s1. The Bertz CT molecular complexity index is 2440. The third-order valence-electron chi connectivity index (χ3n) is 16.3. The van der Waals surface area contributed by atoms with Crippen LogP contribution < -0.4 is 9.64 Å². The summed E-state index contributed by atoms with van der Waals surface area (Å²) in [4.78, 5) is 53.6. The number of methoxy groups -OCH3 is 3. The van der Waals surface area contributed by atoms with E-state index < -0.39 is 63.6 Å². The molecule has 0 amide bonds. The lowest BCUT2D eigenvalue weighted by Gasteiger charge is -2.63. The number of ether oxygens (including phenoxy) is 6. The molecule has 2 bridgehead atoms. The first-order chi connectivity index (χ1) is 29.7. The van der Waals surface area contributed by atoms with Gasteiger partial charge in [-0.15, -0.1) is 0 Å². The van der Waals surface area contributed by atoms with Crippen molar-refractivity contribution in [1.29, 1.82) is 0 Å². The van der Waals surface area contributed by atoms with Crippen LogP contribution >= 0.6 is 12.2 Å². The lowest BCUT2D eigenvalue weighted by Crippen LogP contribution is -2.81. The van der Waals surface area contributed by atoms with Crippen LogP contribution in [0.25, 0.3) is 10.9 Å². The molecule has 7 heterocycles. The maximum atomic E-state index is 15.6. The molecule has 3 saturated heterocycles. The lowest BCUT2D eigenvalue weighted by molar-refractivity contribution is -0.228. The van der Waals surface area contributed by atoms with Crippen LogP contribution in [0.2, 0.25) is 0 Å². The predicted molar refractivity (Wildman–Crippen MR) is 232 cm³/mol. The zero-order valence-corrected chi connectivity index (χ0v) is 37.3. The fourth-order valence-corrected chi connectivity index (χ4v) is 14.4. The van der Waals surface area contributed by atoms with Crippen LogP contribution in [0.1, 0.15) is 68.8 Å². The van der Waals surface area contributed by atoms with E-state index in [4.69, 9.17) is 40.6 Å². The molecule has 4 fully saturated rings. The van der Waals surface area contributed by atoms with E-state index >= 15 is 4.79 Å². The van der Waals surface area contributed by atoms with Gasteiger partial charge in [0.1, 0.15) is 17.3 Å². The van der Waals surface area contributed by atoms with Crippen LogP contribution in [0.15, 0.2) is 48.6 Å². The minimum Gasteiger partial charge on any atom is -0.496 e. The molecule has 10 rings (SSSR count). The number of esters is 3. The molecule has 1 aromatic heterocycles. The maximum absolute atomic E-state index is 15.6. The zero-order valence-electron chi connectivity index (χ0n) is 36.4. The van der Waals surface area contributed by atoms with E-state index in [1.54, 1.807) is 7.11 Å². The highest BCUT2D eigenvalue weighted by atomic mass is 32.1. The number of H-pyrrole nitrogens is 1. The number of thiocarbonyl (C=S) groups is 1. The number of aliphatic hydroxyl groups is 1. The van der Waals surface area contributed by atoms with Crippen molar-refractivity contribution in [1.82, 2.24) is 14.8 Å². The molecule has 3 aromatic rings. The molecule has 1 saturated carbocycles. The molecule has 330 valence electrons. The summed E-state index contributed by atoms with van der Waals surface area (Å²) in [5.41, 5.74) is -1.63. The maximum Gasteiger partial charge on any atom is 0.353 e. The summed E-state index contributed by atoms with van der Waals surface area (Å²) in [6.45, 7) is 8.68. The van der Waals surface area contributed by atoms with Crippen LogP contribution in [-0.2, 0) is 55.3 Å². The first-order valence-corrected chi connectivity index (χ1v) is 22.3. The molecular weight excluding hydrogens is 813 g/mol. The monoisotopic (exact) mass is 868 g/mol. The van der Waals surface area contributed by atoms with Gasteiger partial charge in [-0.1, -0.05) is 44.2 Å². The summed E-state index contributed by atoms with van der Waals surface area (Å²) in [6.07, 6.45) is 4.95.